The van der Waals surface area contributed by atoms with Gasteiger partial charge in [0.05, 0.1) is 10.6 Å². The molecule has 0 aliphatic carbocycles. The van der Waals surface area contributed by atoms with E-state index in [0.717, 1.165) is 5.56 Å². The Morgan fingerprint density at radius 3 is 2.42 bits per heavy atom. The molecule has 0 aliphatic rings. The highest BCUT2D eigenvalue weighted by Gasteiger charge is 2.06. The number of nitrogen functional groups attached to an aromatic ring is 1. The van der Waals surface area contributed by atoms with Crippen LogP contribution in [0.3, 0.4) is 0 Å². The number of hydrazone groups is 1. The van der Waals surface area contributed by atoms with Gasteiger partial charge in [-0.25, -0.2) is 5.43 Å². The van der Waals surface area contributed by atoms with Crippen molar-refractivity contribution < 1.29 is 14.5 Å². The first-order valence-electron chi connectivity index (χ1n) is 7.02. The third kappa shape index (κ3) is 4.80. The highest BCUT2D eigenvalue weighted by molar-refractivity contribution is 5.99. The molecule has 2 aromatic carbocycles. The third-order valence-electron chi connectivity index (χ3n) is 3.09. The molecule has 1 amide bonds. The summed E-state index contributed by atoms with van der Waals surface area (Å²) in [5, 5.41) is 14.5. The maximum atomic E-state index is 11.7. The first kappa shape index (κ1) is 16.9. The Bertz CT molecular complexity index is 755. The fourth-order valence-electron chi connectivity index (χ4n) is 1.78. The van der Waals surface area contributed by atoms with Crippen LogP contribution in [-0.4, -0.2) is 23.1 Å². The number of nitrogens with one attached hydrogen (secondary N) is 1. The molecule has 0 radical (unpaired) electrons. The van der Waals surface area contributed by atoms with Crippen molar-refractivity contribution in [2.75, 3.05) is 12.3 Å². The van der Waals surface area contributed by atoms with Crippen molar-refractivity contribution in [2.45, 2.75) is 6.92 Å². The number of carbonyl (C=O) groups excluding carboxylic acids is 1. The minimum Gasteiger partial charge on any atom is -0.484 e. The molecule has 0 fully saturated rings. The number of benzene rings is 2. The van der Waals surface area contributed by atoms with Crippen molar-refractivity contribution in [1.82, 2.24) is 5.43 Å². The van der Waals surface area contributed by atoms with E-state index < -0.39 is 10.8 Å². The number of anilines is 1. The minimum atomic E-state index is -0.509. The Kier molecular flexibility index (Phi) is 5.45. The van der Waals surface area contributed by atoms with Crippen LogP contribution < -0.4 is 15.9 Å². The lowest BCUT2D eigenvalue weighted by molar-refractivity contribution is -0.384. The summed E-state index contributed by atoms with van der Waals surface area (Å²) in [5.41, 5.74) is 10.0. The van der Waals surface area contributed by atoms with Crippen molar-refractivity contribution in [3.05, 3.63) is 64.2 Å². The smallest absolute Gasteiger partial charge is 0.277 e. The zero-order valence-electron chi connectivity index (χ0n) is 12.9. The predicted octanol–water partition coefficient (Wildman–Crippen LogP) is 2.10. The monoisotopic (exact) mass is 328 g/mol. The Balaban J connectivity index is 1.85. The van der Waals surface area contributed by atoms with E-state index in [1.165, 1.54) is 24.3 Å². The third-order valence-corrected chi connectivity index (χ3v) is 3.09. The number of hydrogen-bond acceptors (Lipinski definition) is 6. The van der Waals surface area contributed by atoms with Crippen molar-refractivity contribution in [3.8, 4) is 5.75 Å². The lowest BCUT2D eigenvalue weighted by atomic mass is 10.1. The summed E-state index contributed by atoms with van der Waals surface area (Å²) in [4.78, 5) is 21.7. The molecule has 0 bridgehead atoms. The maximum absolute atomic E-state index is 11.7. The quantitative estimate of drug-likeness (QED) is 0.364. The van der Waals surface area contributed by atoms with Crippen molar-refractivity contribution >= 4 is 23.0 Å². The summed E-state index contributed by atoms with van der Waals surface area (Å²) in [6, 6.07) is 12.5. The number of rotatable bonds is 6. The fourth-order valence-corrected chi connectivity index (χ4v) is 1.78. The summed E-state index contributed by atoms with van der Waals surface area (Å²) in [5.74, 6) is -0.0851. The molecular formula is C16H16N4O4. The van der Waals surface area contributed by atoms with Gasteiger partial charge in [0, 0.05) is 17.8 Å². The Morgan fingerprint density at radius 2 is 1.83 bits per heavy atom. The zero-order chi connectivity index (χ0) is 17.5. The molecule has 0 saturated heterocycles. The molecular weight excluding hydrogens is 312 g/mol. The molecule has 2 rings (SSSR count). The SMILES string of the molecule is C/C(=N\NC(=O)COc1ccc([N+](=O)[O-])cc1)c1ccc(N)cc1. The molecule has 0 unspecified atom stereocenters. The van der Waals surface area contributed by atoms with Crippen LogP contribution in [-0.2, 0) is 4.79 Å². The van der Waals surface area contributed by atoms with Gasteiger partial charge >= 0.3 is 0 Å². The molecule has 8 heteroatoms. The van der Waals surface area contributed by atoms with E-state index in [0.29, 0.717) is 17.1 Å². The van der Waals surface area contributed by atoms with Gasteiger partial charge in [-0.1, -0.05) is 12.1 Å². The fraction of sp³-hybridized carbons (Fsp3) is 0.125. The largest absolute Gasteiger partial charge is 0.484 e. The van der Waals surface area contributed by atoms with Crippen molar-refractivity contribution in [2.24, 2.45) is 5.10 Å². The highest BCUT2D eigenvalue weighted by Crippen LogP contribution is 2.17. The maximum Gasteiger partial charge on any atom is 0.277 e. The topological polar surface area (TPSA) is 120 Å². The zero-order valence-corrected chi connectivity index (χ0v) is 12.9. The van der Waals surface area contributed by atoms with E-state index in [1.54, 1.807) is 31.2 Å². The van der Waals surface area contributed by atoms with Gasteiger partial charge in [-0.3, -0.25) is 14.9 Å². The van der Waals surface area contributed by atoms with Crippen LogP contribution in [0, 0.1) is 10.1 Å². The number of non-ortho nitro benzene ring substituents is 1. The number of nitrogens with two attached hydrogens (primary N) is 1. The van der Waals surface area contributed by atoms with Gasteiger partial charge in [0.1, 0.15) is 5.75 Å². The van der Waals surface area contributed by atoms with Crippen LogP contribution in [0.1, 0.15) is 12.5 Å². The molecule has 0 aliphatic heterocycles. The van der Waals surface area contributed by atoms with E-state index in [4.69, 9.17) is 10.5 Å². The second-order valence-corrected chi connectivity index (χ2v) is 4.89. The van der Waals surface area contributed by atoms with Gasteiger partial charge in [0.15, 0.2) is 6.61 Å². The van der Waals surface area contributed by atoms with Gasteiger partial charge in [-0.2, -0.15) is 5.10 Å². The first-order valence-corrected chi connectivity index (χ1v) is 7.02. The lowest BCUT2D eigenvalue weighted by Gasteiger charge is -2.06. The van der Waals surface area contributed by atoms with E-state index in [-0.39, 0.29) is 12.3 Å². The van der Waals surface area contributed by atoms with Crippen LogP contribution in [0.25, 0.3) is 0 Å². The van der Waals surface area contributed by atoms with Gasteiger partial charge in [0.2, 0.25) is 0 Å². The van der Waals surface area contributed by atoms with E-state index >= 15 is 0 Å². The summed E-state index contributed by atoms with van der Waals surface area (Å²) < 4.78 is 5.24. The number of hydrogen-bond donors (Lipinski definition) is 2. The molecule has 0 aromatic heterocycles. The molecule has 124 valence electrons. The summed E-state index contributed by atoms with van der Waals surface area (Å²) in [6.45, 7) is 1.50. The average Bonchev–Trinajstić information content (AvgIpc) is 2.58. The van der Waals surface area contributed by atoms with Gasteiger partial charge in [0.25, 0.3) is 11.6 Å². The second-order valence-electron chi connectivity index (χ2n) is 4.89. The Hall–Kier alpha value is -3.42. The van der Waals surface area contributed by atoms with Crippen LogP contribution in [0.15, 0.2) is 53.6 Å². The van der Waals surface area contributed by atoms with E-state index in [9.17, 15) is 14.9 Å². The van der Waals surface area contributed by atoms with Crippen molar-refractivity contribution in [3.63, 3.8) is 0 Å². The standard InChI is InChI=1S/C16H16N4O4/c1-11(12-2-4-13(17)5-3-12)18-19-16(21)10-24-15-8-6-14(7-9-15)20(22)23/h2-9H,10,17H2,1H3,(H,19,21)/b18-11+. The molecule has 2 aromatic rings. The number of amides is 1. The predicted molar refractivity (Wildman–Crippen MR) is 89.8 cm³/mol. The number of carbonyl (C=O) groups is 1. The van der Waals surface area contributed by atoms with Crippen LogP contribution in [0.4, 0.5) is 11.4 Å². The average molecular weight is 328 g/mol. The second kappa shape index (κ2) is 7.73. The first-order chi connectivity index (χ1) is 11.5. The molecule has 0 spiro atoms. The molecule has 0 saturated carbocycles. The molecule has 8 nitrogen and oxygen atoms in total. The van der Waals surface area contributed by atoms with Crippen LogP contribution in [0.5, 0.6) is 5.75 Å². The lowest BCUT2D eigenvalue weighted by Crippen LogP contribution is -2.25. The van der Waals surface area contributed by atoms with Gasteiger partial charge in [-0.15, -0.1) is 0 Å². The van der Waals surface area contributed by atoms with Gasteiger partial charge < -0.3 is 10.5 Å². The molecule has 24 heavy (non-hydrogen) atoms. The van der Waals surface area contributed by atoms with E-state index in [1.807, 2.05) is 0 Å². The minimum absolute atomic E-state index is 0.0458. The summed E-state index contributed by atoms with van der Waals surface area (Å²) in [7, 11) is 0. The summed E-state index contributed by atoms with van der Waals surface area (Å²) >= 11 is 0. The Morgan fingerprint density at radius 1 is 1.21 bits per heavy atom. The van der Waals surface area contributed by atoms with Crippen LogP contribution in [0.2, 0.25) is 0 Å². The highest BCUT2D eigenvalue weighted by atomic mass is 16.6. The Labute approximate surface area is 138 Å². The van der Waals surface area contributed by atoms with E-state index in [2.05, 4.69) is 10.5 Å². The molecule has 0 atom stereocenters. The summed E-state index contributed by atoms with van der Waals surface area (Å²) in [6.07, 6.45) is 0. The van der Waals surface area contributed by atoms with Crippen LogP contribution >= 0.6 is 0 Å². The number of nitrogens with zero attached hydrogens (tertiary/aromatic N) is 2. The molecule has 0 heterocycles. The van der Waals surface area contributed by atoms with Gasteiger partial charge in [-0.05, 0) is 36.8 Å². The number of nitro groups is 1. The number of nitro benzene ring substituents is 1. The molecule has 3 N–H and O–H groups in total. The van der Waals surface area contributed by atoms with Crippen molar-refractivity contribution in [1.29, 1.82) is 0 Å². The number of ether oxygens (including phenoxy) is 1. The normalized spacial score (nSPS) is 11.0.